The molecule has 1 N–H and O–H groups in total. The zero-order chi connectivity index (χ0) is 16.1. The highest BCUT2D eigenvalue weighted by Gasteiger charge is 2.20. The van der Waals surface area contributed by atoms with Crippen molar-refractivity contribution in [1.29, 1.82) is 0 Å². The lowest BCUT2D eigenvalue weighted by Crippen LogP contribution is -2.12. The molecule has 0 fully saturated rings. The number of hydrogen-bond acceptors (Lipinski definition) is 6. The Morgan fingerprint density at radius 3 is 2.86 bits per heavy atom. The Bertz CT molecular complexity index is 643. The number of allylic oxidation sites excluding steroid dienone is 2. The fourth-order valence-electron chi connectivity index (χ4n) is 2.17. The van der Waals surface area contributed by atoms with Crippen LogP contribution in [0.2, 0.25) is 0 Å². The second-order valence-corrected chi connectivity index (χ2v) is 6.02. The number of aliphatic hydroxyl groups is 1. The normalized spacial score (nSPS) is 15.6. The molecule has 0 amide bonds. The molecule has 0 bridgehead atoms. The van der Waals surface area contributed by atoms with E-state index in [1.54, 1.807) is 13.0 Å². The Labute approximate surface area is 133 Å². The molecule has 118 valence electrons. The molecule has 1 aromatic heterocycles. The number of rotatable bonds is 5. The molecule has 2 rings (SSSR count). The van der Waals surface area contributed by atoms with E-state index in [1.807, 2.05) is 6.92 Å². The first-order valence-electron chi connectivity index (χ1n) is 7.36. The lowest BCUT2D eigenvalue weighted by Gasteiger charge is -2.11. The lowest BCUT2D eigenvalue weighted by molar-refractivity contribution is -0.115. The topological polar surface area (TPSA) is 76.0 Å². The molecule has 0 aliphatic heterocycles. The summed E-state index contributed by atoms with van der Waals surface area (Å²) < 4.78 is 5.03. The molecular formula is C16H19NO4S. The molecule has 22 heavy (non-hydrogen) atoms. The second-order valence-electron chi connectivity index (χ2n) is 4.90. The molecule has 0 spiro atoms. The molecule has 0 atom stereocenters. The smallest absolute Gasteiger partial charge is 0.341 e. The van der Waals surface area contributed by atoms with Crippen LogP contribution in [0.4, 0.5) is 5.00 Å². The summed E-state index contributed by atoms with van der Waals surface area (Å²) in [7, 11) is 0. The van der Waals surface area contributed by atoms with Gasteiger partial charge in [-0.2, -0.15) is 0 Å². The predicted octanol–water partition coefficient (Wildman–Crippen LogP) is 3.75. The SMILES string of the molecule is CCOC(=O)c1cc(CC)sc1N=CC1=C(O)CCCC1=O. The summed E-state index contributed by atoms with van der Waals surface area (Å²) in [6, 6.07) is 1.77. The number of Topliss-reactive ketones (excluding diaryl/α,β-unsaturated/α-hetero) is 1. The first kappa shape index (κ1) is 16.4. The van der Waals surface area contributed by atoms with Crippen LogP contribution in [0, 0.1) is 0 Å². The zero-order valence-electron chi connectivity index (χ0n) is 12.7. The van der Waals surface area contributed by atoms with Crippen LogP contribution in [0.5, 0.6) is 0 Å². The van der Waals surface area contributed by atoms with Gasteiger partial charge < -0.3 is 9.84 Å². The molecule has 5 nitrogen and oxygen atoms in total. The van der Waals surface area contributed by atoms with E-state index in [0.29, 0.717) is 36.4 Å². The zero-order valence-corrected chi connectivity index (χ0v) is 13.5. The highest BCUT2D eigenvalue weighted by atomic mass is 32.1. The quantitative estimate of drug-likeness (QED) is 0.662. The first-order valence-corrected chi connectivity index (χ1v) is 8.17. The van der Waals surface area contributed by atoms with Gasteiger partial charge in [0.1, 0.15) is 10.8 Å². The molecule has 0 saturated carbocycles. The van der Waals surface area contributed by atoms with Crippen molar-refractivity contribution in [1.82, 2.24) is 0 Å². The number of ketones is 1. The second kappa shape index (κ2) is 7.35. The van der Waals surface area contributed by atoms with E-state index in [2.05, 4.69) is 4.99 Å². The van der Waals surface area contributed by atoms with Gasteiger partial charge in [-0.15, -0.1) is 11.3 Å². The first-order chi connectivity index (χ1) is 10.6. The van der Waals surface area contributed by atoms with Crippen molar-refractivity contribution in [3.63, 3.8) is 0 Å². The van der Waals surface area contributed by atoms with Crippen molar-refractivity contribution < 1.29 is 19.4 Å². The van der Waals surface area contributed by atoms with Gasteiger partial charge >= 0.3 is 5.97 Å². The van der Waals surface area contributed by atoms with E-state index >= 15 is 0 Å². The molecular weight excluding hydrogens is 302 g/mol. The van der Waals surface area contributed by atoms with Gasteiger partial charge in [0.15, 0.2) is 5.78 Å². The van der Waals surface area contributed by atoms with Gasteiger partial charge in [-0.25, -0.2) is 9.79 Å². The van der Waals surface area contributed by atoms with Crippen molar-refractivity contribution in [2.24, 2.45) is 4.99 Å². The van der Waals surface area contributed by atoms with Gasteiger partial charge in [-0.05, 0) is 25.8 Å². The summed E-state index contributed by atoms with van der Waals surface area (Å²) in [5, 5.41) is 10.3. The van der Waals surface area contributed by atoms with Gasteiger partial charge in [0.25, 0.3) is 0 Å². The van der Waals surface area contributed by atoms with Crippen LogP contribution in [0.15, 0.2) is 22.4 Å². The highest BCUT2D eigenvalue weighted by molar-refractivity contribution is 7.16. The summed E-state index contributed by atoms with van der Waals surface area (Å²) in [6.45, 7) is 4.04. The average molecular weight is 321 g/mol. The summed E-state index contributed by atoms with van der Waals surface area (Å²) in [4.78, 5) is 29.0. The molecule has 0 unspecified atom stereocenters. The fraction of sp³-hybridized carbons (Fsp3) is 0.438. The number of aryl methyl sites for hydroxylation is 1. The van der Waals surface area contributed by atoms with Gasteiger partial charge in [0.2, 0.25) is 0 Å². The largest absolute Gasteiger partial charge is 0.512 e. The number of aliphatic hydroxyl groups excluding tert-OH is 1. The van der Waals surface area contributed by atoms with E-state index in [9.17, 15) is 14.7 Å². The van der Waals surface area contributed by atoms with Gasteiger partial charge in [-0.3, -0.25) is 4.79 Å². The Hall–Kier alpha value is -1.95. The summed E-state index contributed by atoms with van der Waals surface area (Å²) in [5.74, 6) is -0.457. The van der Waals surface area contributed by atoms with Crippen LogP contribution in [-0.2, 0) is 16.0 Å². The molecule has 1 heterocycles. The number of nitrogens with zero attached hydrogens (tertiary/aromatic N) is 1. The number of thiophene rings is 1. The number of carbonyl (C=O) groups is 2. The standard InChI is InChI=1S/C16H19NO4S/c1-3-10-8-11(16(20)21-4-2)15(22-10)17-9-12-13(18)6-5-7-14(12)19/h8-9,18H,3-7H2,1-2H3. The average Bonchev–Trinajstić information content (AvgIpc) is 2.90. The third-order valence-corrected chi connectivity index (χ3v) is 4.53. The molecule has 6 heteroatoms. The number of hydrogen-bond donors (Lipinski definition) is 1. The van der Waals surface area contributed by atoms with Crippen LogP contribution in [0.3, 0.4) is 0 Å². The summed E-state index contributed by atoms with van der Waals surface area (Å²) in [5.41, 5.74) is 0.649. The fourth-order valence-corrected chi connectivity index (χ4v) is 3.10. The van der Waals surface area contributed by atoms with Crippen molar-refractivity contribution in [2.75, 3.05) is 6.61 Å². The van der Waals surface area contributed by atoms with Gasteiger partial charge in [0.05, 0.1) is 17.7 Å². The highest BCUT2D eigenvalue weighted by Crippen LogP contribution is 2.32. The maximum atomic E-state index is 12.0. The summed E-state index contributed by atoms with van der Waals surface area (Å²) in [6.07, 6.45) is 3.72. The maximum absolute atomic E-state index is 12.0. The molecule has 0 radical (unpaired) electrons. The molecule has 1 aliphatic rings. The van der Waals surface area contributed by atoms with Crippen molar-refractivity contribution in [2.45, 2.75) is 39.5 Å². The minimum Gasteiger partial charge on any atom is -0.512 e. The predicted molar refractivity (Wildman–Crippen MR) is 86.3 cm³/mol. The molecule has 1 aromatic rings. The Kier molecular flexibility index (Phi) is 5.49. The monoisotopic (exact) mass is 321 g/mol. The van der Waals surface area contributed by atoms with E-state index in [-0.39, 0.29) is 17.1 Å². The lowest BCUT2D eigenvalue weighted by atomic mass is 9.97. The molecule has 1 aliphatic carbocycles. The Morgan fingerprint density at radius 2 is 2.23 bits per heavy atom. The maximum Gasteiger partial charge on any atom is 0.341 e. The minimum atomic E-state index is -0.418. The summed E-state index contributed by atoms with van der Waals surface area (Å²) >= 11 is 1.39. The Morgan fingerprint density at radius 1 is 1.45 bits per heavy atom. The van der Waals surface area contributed by atoms with Crippen LogP contribution >= 0.6 is 11.3 Å². The van der Waals surface area contributed by atoms with Gasteiger partial charge in [-0.1, -0.05) is 6.92 Å². The van der Waals surface area contributed by atoms with Crippen molar-refractivity contribution in [3.05, 3.63) is 27.8 Å². The molecule has 0 aromatic carbocycles. The third kappa shape index (κ3) is 3.62. The number of ether oxygens (including phenoxy) is 1. The number of esters is 1. The third-order valence-electron chi connectivity index (χ3n) is 3.35. The van der Waals surface area contributed by atoms with Crippen LogP contribution in [0.1, 0.15) is 48.3 Å². The molecule has 0 saturated heterocycles. The minimum absolute atomic E-state index is 0.0740. The van der Waals surface area contributed by atoms with Crippen LogP contribution < -0.4 is 0 Å². The van der Waals surface area contributed by atoms with E-state index in [4.69, 9.17) is 4.74 Å². The van der Waals surface area contributed by atoms with E-state index in [1.165, 1.54) is 17.6 Å². The van der Waals surface area contributed by atoms with Crippen molar-refractivity contribution >= 4 is 34.3 Å². The van der Waals surface area contributed by atoms with E-state index in [0.717, 1.165) is 11.3 Å². The van der Waals surface area contributed by atoms with Crippen molar-refractivity contribution in [3.8, 4) is 0 Å². The number of carbonyl (C=O) groups excluding carboxylic acids is 2. The Balaban J connectivity index is 2.32. The van der Waals surface area contributed by atoms with Crippen LogP contribution in [0.25, 0.3) is 0 Å². The van der Waals surface area contributed by atoms with E-state index < -0.39 is 5.97 Å². The number of aliphatic imine (C=N–C) groups is 1. The van der Waals surface area contributed by atoms with Gasteiger partial charge in [0, 0.05) is 23.9 Å². The van der Waals surface area contributed by atoms with Crippen LogP contribution in [-0.4, -0.2) is 29.7 Å².